The quantitative estimate of drug-likeness (QED) is 0.480. The zero-order chi connectivity index (χ0) is 16.1. The summed E-state index contributed by atoms with van der Waals surface area (Å²) in [6, 6.07) is 15.7. The first kappa shape index (κ1) is 20.2. The molecule has 2 rings (SSSR count). The third kappa shape index (κ3) is 5.60. The van der Waals surface area contributed by atoms with Gasteiger partial charge in [-0.25, -0.2) is 4.79 Å². The maximum atomic E-state index is 11.0. The Morgan fingerprint density at radius 1 is 1.09 bits per heavy atom. The average Bonchev–Trinajstić information content (AvgIpc) is 2.55. The van der Waals surface area contributed by atoms with Crippen LogP contribution in [0.4, 0.5) is 4.79 Å². The van der Waals surface area contributed by atoms with Crippen LogP contribution in [0.5, 0.6) is 5.75 Å². The predicted molar refractivity (Wildman–Crippen MR) is 84.7 cm³/mol. The molecule has 2 aromatic carbocycles. The van der Waals surface area contributed by atoms with E-state index in [9.17, 15) is 10.0 Å². The topological polar surface area (TPSA) is 75.8 Å². The maximum absolute atomic E-state index is 11.0. The first-order valence-electron chi connectivity index (χ1n) is 7.08. The van der Waals surface area contributed by atoms with Gasteiger partial charge in [-0.2, -0.15) is 5.06 Å². The number of hydrogen-bond acceptors (Lipinski definition) is 3. The van der Waals surface area contributed by atoms with Crippen molar-refractivity contribution in [2.75, 3.05) is 0 Å². The monoisotopic (exact) mass is 340 g/mol. The Morgan fingerprint density at radius 2 is 1.65 bits per heavy atom. The largest absolute Gasteiger partial charge is 1.00 e. The smallest absolute Gasteiger partial charge is 1.00 e. The number of hydrogen-bond donors (Lipinski definition) is 2. The number of benzene rings is 2. The molecule has 0 heterocycles. The van der Waals surface area contributed by atoms with Crippen LogP contribution in [-0.4, -0.2) is 16.3 Å². The number of nitrogens with two attached hydrogens (primary N) is 1. The summed E-state index contributed by atoms with van der Waals surface area (Å²) in [7, 11) is 0. The number of carbonyl (C=O) groups excluding carboxylic acids is 1. The van der Waals surface area contributed by atoms with Crippen molar-refractivity contribution in [2.24, 2.45) is 5.73 Å². The summed E-state index contributed by atoms with van der Waals surface area (Å²) in [5.41, 5.74) is 6.90. The summed E-state index contributed by atoms with van der Waals surface area (Å²) in [6.07, 6.45) is -0.0653. The number of ether oxygens (including phenoxy) is 1. The Kier molecular flexibility index (Phi) is 8.25. The molecular weight excluding hydrogens is 319 g/mol. The van der Waals surface area contributed by atoms with Crippen molar-refractivity contribution >= 4 is 6.03 Å². The molecule has 0 aliphatic heterocycles. The van der Waals surface area contributed by atoms with Crippen molar-refractivity contribution in [2.45, 2.75) is 26.0 Å². The van der Waals surface area contributed by atoms with Gasteiger partial charge < -0.3 is 11.9 Å². The maximum Gasteiger partial charge on any atom is 1.00 e. The Morgan fingerprint density at radius 3 is 2.17 bits per heavy atom. The van der Waals surface area contributed by atoms with E-state index in [0.717, 1.165) is 16.9 Å². The number of rotatable bonds is 5. The van der Waals surface area contributed by atoms with Crippen molar-refractivity contribution in [1.29, 1.82) is 0 Å². The fourth-order valence-corrected chi connectivity index (χ4v) is 2.15. The first-order valence-corrected chi connectivity index (χ1v) is 7.08. The molecule has 2 amide bonds. The van der Waals surface area contributed by atoms with E-state index in [0.29, 0.717) is 5.06 Å². The Bertz CT molecular complexity index is 625. The minimum Gasteiger partial charge on any atom is -1.00 e. The average molecular weight is 340 g/mol. The van der Waals surface area contributed by atoms with Crippen LogP contribution in [0, 0.1) is 0 Å². The molecule has 0 bridgehead atoms. The van der Waals surface area contributed by atoms with Gasteiger partial charge in [-0.15, -0.1) is 0 Å². The van der Waals surface area contributed by atoms with Crippen LogP contribution in [0.15, 0.2) is 54.6 Å². The summed E-state index contributed by atoms with van der Waals surface area (Å²) in [5.74, 6) is 0.718. The number of urea groups is 1. The molecule has 2 aromatic rings. The van der Waals surface area contributed by atoms with Crippen LogP contribution < -0.4 is 61.9 Å². The third-order valence-electron chi connectivity index (χ3n) is 3.54. The van der Waals surface area contributed by atoms with Crippen LogP contribution in [0.2, 0.25) is 0 Å². The molecule has 0 fully saturated rings. The van der Waals surface area contributed by atoms with Gasteiger partial charge in [-0.3, -0.25) is 5.21 Å². The van der Waals surface area contributed by atoms with E-state index in [-0.39, 0.29) is 58.9 Å². The molecule has 0 saturated carbocycles. The van der Waals surface area contributed by atoms with E-state index in [1.54, 1.807) is 31.2 Å². The molecule has 0 spiro atoms. The van der Waals surface area contributed by atoms with Gasteiger partial charge in [-0.05, 0) is 37.1 Å². The Labute approximate surface area is 180 Å². The molecule has 0 radical (unpaired) electrons. The summed E-state index contributed by atoms with van der Waals surface area (Å²) >= 11 is 0. The Hall–Kier alpha value is -0.894. The molecule has 2 unspecified atom stereocenters. The molecule has 0 saturated heterocycles. The van der Waals surface area contributed by atoms with Crippen LogP contribution in [0.25, 0.3) is 0 Å². The van der Waals surface area contributed by atoms with E-state index in [4.69, 9.17) is 10.5 Å². The molecule has 3 N–H and O–H groups in total. The van der Waals surface area contributed by atoms with E-state index in [2.05, 4.69) is 0 Å². The second-order valence-electron chi connectivity index (χ2n) is 5.10. The van der Waals surface area contributed by atoms with Crippen molar-refractivity contribution in [1.82, 2.24) is 5.06 Å². The van der Waals surface area contributed by atoms with E-state index >= 15 is 0 Å². The van der Waals surface area contributed by atoms with E-state index in [1.165, 1.54) is 0 Å². The van der Waals surface area contributed by atoms with Gasteiger partial charge in [-0.1, -0.05) is 42.5 Å². The minimum atomic E-state index is -0.884. The van der Waals surface area contributed by atoms with Crippen LogP contribution in [0.1, 0.15) is 38.5 Å². The van der Waals surface area contributed by atoms with Gasteiger partial charge in [0.15, 0.2) is 0 Å². The van der Waals surface area contributed by atoms with Crippen molar-refractivity contribution < 1.29 is 67.5 Å². The number of carbonyl (C=O) groups is 1. The molecule has 0 aliphatic carbocycles. The van der Waals surface area contributed by atoms with Crippen LogP contribution in [-0.2, 0) is 0 Å². The van der Waals surface area contributed by atoms with Gasteiger partial charge in [0.05, 0.1) is 6.04 Å². The molecule has 0 aliphatic rings. The van der Waals surface area contributed by atoms with E-state index < -0.39 is 12.1 Å². The fraction of sp³-hybridized carbons (Fsp3) is 0.235. The van der Waals surface area contributed by atoms with Crippen LogP contribution in [0.3, 0.4) is 0 Å². The summed E-state index contributed by atoms with van der Waals surface area (Å²) < 4.78 is 5.88. The predicted octanol–water partition coefficient (Wildman–Crippen LogP) is 0.774. The summed E-state index contributed by atoms with van der Waals surface area (Å²) in [6.45, 7) is 3.67. The molecule has 23 heavy (non-hydrogen) atoms. The Balaban J connectivity index is 0.00000264. The van der Waals surface area contributed by atoms with Crippen molar-refractivity contribution in [3.05, 3.63) is 65.7 Å². The third-order valence-corrected chi connectivity index (χ3v) is 3.54. The molecule has 2 atom stereocenters. The van der Waals surface area contributed by atoms with E-state index in [1.807, 2.05) is 37.3 Å². The molecule has 6 heteroatoms. The first-order chi connectivity index (χ1) is 10.5. The van der Waals surface area contributed by atoms with Gasteiger partial charge in [0.25, 0.3) is 0 Å². The zero-order valence-electron chi connectivity index (χ0n) is 14.6. The van der Waals surface area contributed by atoms with Gasteiger partial charge in [0.2, 0.25) is 0 Å². The normalized spacial score (nSPS) is 12.7. The standard InChI is InChI=1S/C17H20N2O3.K.H/c1-12(19(21)17(18)20)14-8-10-16(11-9-14)22-13(2)15-6-4-3-5-7-15;;/h3-13,21H,1-2H3,(H2,18,20);;/q;+1;-1. The minimum absolute atomic E-state index is 0. The molecule has 118 valence electrons. The van der Waals surface area contributed by atoms with Gasteiger partial charge >= 0.3 is 57.4 Å². The summed E-state index contributed by atoms with van der Waals surface area (Å²) in [4.78, 5) is 11.0. The SMILES string of the molecule is CC(Oc1ccc(C(C)N(O)C(N)=O)cc1)c1ccccc1.[H-].[K+]. The number of nitrogens with zero attached hydrogens (tertiary/aromatic N) is 1. The van der Waals surface area contributed by atoms with Crippen molar-refractivity contribution in [3.63, 3.8) is 0 Å². The van der Waals surface area contributed by atoms with Crippen molar-refractivity contribution in [3.8, 4) is 5.75 Å². The number of hydroxylamine groups is 2. The van der Waals surface area contributed by atoms with Crippen LogP contribution >= 0.6 is 0 Å². The number of amides is 2. The van der Waals surface area contributed by atoms with Gasteiger partial charge in [0, 0.05) is 0 Å². The van der Waals surface area contributed by atoms with Gasteiger partial charge in [0.1, 0.15) is 11.9 Å². The molecular formula is C17H21KN2O3. The second kappa shape index (κ2) is 9.41. The molecule has 5 nitrogen and oxygen atoms in total. The fourth-order valence-electron chi connectivity index (χ4n) is 2.15. The molecule has 0 aromatic heterocycles. The zero-order valence-corrected chi connectivity index (χ0v) is 16.8. The number of primary amides is 1. The second-order valence-corrected chi connectivity index (χ2v) is 5.10. The summed E-state index contributed by atoms with van der Waals surface area (Å²) in [5, 5.41) is 10.0.